The van der Waals surface area contributed by atoms with E-state index in [9.17, 15) is 4.79 Å². The van der Waals surface area contributed by atoms with Gasteiger partial charge in [0.2, 0.25) is 5.91 Å². The Labute approximate surface area is 141 Å². The number of hydrogen-bond acceptors (Lipinski definition) is 4. The zero-order valence-electron chi connectivity index (χ0n) is 13.8. The van der Waals surface area contributed by atoms with E-state index in [0.29, 0.717) is 6.54 Å². The van der Waals surface area contributed by atoms with E-state index in [1.807, 2.05) is 62.4 Å². The van der Waals surface area contributed by atoms with Crippen LogP contribution in [0.3, 0.4) is 0 Å². The van der Waals surface area contributed by atoms with Gasteiger partial charge in [0.05, 0.1) is 17.2 Å². The molecule has 3 aromatic rings. The Kier molecular flexibility index (Phi) is 4.70. The van der Waals surface area contributed by atoms with Crippen molar-refractivity contribution < 1.29 is 4.79 Å². The van der Waals surface area contributed by atoms with Crippen LogP contribution >= 0.6 is 0 Å². The highest BCUT2D eigenvalue weighted by atomic mass is 16.1. The van der Waals surface area contributed by atoms with Crippen molar-refractivity contribution in [3.63, 3.8) is 0 Å². The molecule has 0 saturated heterocycles. The second-order valence-electron chi connectivity index (χ2n) is 5.94. The molecule has 3 rings (SSSR count). The number of carbonyl (C=O) groups is 1. The summed E-state index contributed by atoms with van der Waals surface area (Å²) in [6.07, 6.45) is 1.74. The largest absolute Gasteiger partial charge is 0.365 e. The highest BCUT2D eigenvalue weighted by molar-refractivity contribution is 5.92. The molecule has 5 nitrogen and oxygen atoms in total. The van der Waals surface area contributed by atoms with Crippen molar-refractivity contribution in [2.24, 2.45) is 5.92 Å². The van der Waals surface area contributed by atoms with Crippen molar-refractivity contribution in [3.8, 4) is 0 Å². The van der Waals surface area contributed by atoms with Crippen LogP contribution < -0.4 is 10.6 Å². The van der Waals surface area contributed by atoms with Gasteiger partial charge in [-0.2, -0.15) is 0 Å². The Balaban J connectivity index is 1.62. The van der Waals surface area contributed by atoms with Crippen LogP contribution in [0.5, 0.6) is 0 Å². The van der Waals surface area contributed by atoms with Gasteiger partial charge in [-0.15, -0.1) is 0 Å². The Morgan fingerprint density at radius 1 is 1.04 bits per heavy atom. The number of hydrogen-bond donors (Lipinski definition) is 2. The van der Waals surface area contributed by atoms with Gasteiger partial charge < -0.3 is 10.6 Å². The average Bonchev–Trinajstić information content (AvgIpc) is 2.61. The van der Waals surface area contributed by atoms with Crippen LogP contribution in [0.25, 0.3) is 11.0 Å². The molecule has 5 heteroatoms. The second-order valence-corrected chi connectivity index (χ2v) is 5.94. The molecule has 0 aliphatic carbocycles. The number of anilines is 2. The summed E-state index contributed by atoms with van der Waals surface area (Å²) >= 11 is 0. The fraction of sp³-hybridized carbons (Fsp3) is 0.211. The summed E-state index contributed by atoms with van der Waals surface area (Å²) < 4.78 is 0. The standard InChI is InChI=1S/C19H20N4O/c1-13(2)19(24)22-15-9-7-14(8-10-15)11-21-18-12-20-16-5-3-4-6-17(16)23-18/h3-10,12-13H,11H2,1-2H3,(H,21,23)(H,22,24). The Bertz CT molecular complexity index is 843. The van der Waals surface area contributed by atoms with Crippen molar-refractivity contribution in [3.05, 3.63) is 60.3 Å². The van der Waals surface area contributed by atoms with E-state index >= 15 is 0 Å². The first-order valence-corrected chi connectivity index (χ1v) is 7.97. The number of nitrogens with zero attached hydrogens (tertiary/aromatic N) is 2. The van der Waals surface area contributed by atoms with Gasteiger partial charge in [0.1, 0.15) is 5.82 Å². The van der Waals surface area contributed by atoms with Crippen molar-refractivity contribution in [2.75, 3.05) is 10.6 Å². The molecule has 2 N–H and O–H groups in total. The van der Waals surface area contributed by atoms with E-state index in [2.05, 4.69) is 20.6 Å². The summed E-state index contributed by atoms with van der Waals surface area (Å²) in [6.45, 7) is 4.39. The highest BCUT2D eigenvalue weighted by Gasteiger charge is 2.06. The van der Waals surface area contributed by atoms with Crippen LogP contribution in [0.2, 0.25) is 0 Å². The summed E-state index contributed by atoms with van der Waals surface area (Å²) in [4.78, 5) is 20.6. The molecule has 0 bridgehead atoms. The average molecular weight is 320 g/mol. The molecule has 1 heterocycles. The lowest BCUT2D eigenvalue weighted by atomic mass is 10.1. The number of aromatic nitrogens is 2. The van der Waals surface area contributed by atoms with E-state index in [1.165, 1.54) is 0 Å². The first-order chi connectivity index (χ1) is 11.6. The molecule has 2 aromatic carbocycles. The number of fused-ring (bicyclic) bond motifs is 1. The number of rotatable bonds is 5. The first kappa shape index (κ1) is 15.9. The van der Waals surface area contributed by atoms with Crippen LogP contribution in [0.15, 0.2) is 54.7 Å². The molecule has 0 spiro atoms. The van der Waals surface area contributed by atoms with Crippen molar-refractivity contribution in [1.29, 1.82) is 0 Å². The third-order valence-corrected chi connectivity index (χ3v) is 3.67. The van der Waals surface area contributed by atoms with Crippen LogP contribution in [0, 0.1) is 5.92 Å². The van der Waals surface area contributed by atoms with Gasteiger partial charge in [0.15, 0.2) is 0 Å². The van der Waals surface area contributed by atoms with Crippen LogP contribution in [-0.4, -0.2) is 15.9 Å². The maximum atomic E-state index is 11.7. The van der Waals surface area contributed by atoms with Gasteiger partial charge >= 0.3 is 0 Å². The van der Waals surface area contributed by atoms with Gasteiger partial charge in [-0.1, -0.05) is 38.1 Å². The number of amides is 1. The topological polar surface area (TPSA) is 66.9 Å². The molecule has 1 aromatic heterocycles. The van der Waals surface area contributed by atoms with Crippen LogP contribution in [0.1, 0.15) is 19.4 Å². The fourth-order valence-corrected chi connectivity index (χ4v) is 2.23. The molecule has 0 radical (unpaired) electrons. The number of benzene rings is 2. The lowest BCUT2D eigenvalue weighted by Crippen LogP contribution is -2.17. The first-order valence-electron chi connectivity index (χ1n) is 7.97. The Hall–Kier alpha value is -2.95. The maximum Gasteiger partial charge on any atom is 0.226 e. The monoisotopic (exact) mass is 320 g/mol. The van der Waals surface area contributed by atoms with Gasteiger partial charge in [0, 0.05) is 18.2 Å². The normalized spacial score (nSPS) is 10.8. The third-order valence-electron chi connectivity index (χ3n) is 3.67. The summed E-state index contributed by atoms with van der Waals surface area (Å²) in [5.41, 5.74) is 3.66. The quantitative estimate of drug-likeness (QED) is 0.749. The number of nitrogens with one attached hydrogen (secondary N) is 2. The predicted octanol–water partition coefficient (Wildman–Crippen LogP) is 3.84. The van der Waals surface area contributed by atoms with Crippen molar-refractivity contribution >= 4 is 28.4 Å². The molecule has 0 aliphatic rings. The summed E-state index contributed by atoms with van der Waals surface area (Å²) in [5.74, 6) is 0.732. The molecule has 1 amide bonds. The Morgan fingerprint density at radius 2 is 1.75 bits per heavy atom. The lowest BCUT2D eigenvalue weighted by molar-refractivity contribution is -0.118. The second kappa shape index (κ2) is 7.08. The highest BCUT2D eigenvalue weighted by Crippen LogP contribution is 2.14. The molecule has 24 heavy (non-hydrogen) atoms. The summed E-state index contributed by atoms with van der Waals surface area (Å²) in [5, 5.41) is 6.15. The molecule has 0 atom stereocenters. The van der Waals surface area contributed by atoms with Gasteiger partial charge in [-0.25, -0.2) is 4.98 Å². The van der Waals surface area contributed by atoms with E-state index in [-0.39, 0.29) is 11.8 Å². The van der Waals surface area contributed by atoms with Crippen LogP contribution in [0.4, 0.5) is 11.5 Å². The molecule has 0 saturated carbocycles. The van der Waals surface area contributed by atoms with E-state index in [0.717, 1.165) is 28.1 Å². The van der Waals surface area contributed by atoms with Gasteiger partial charge in [-0.3, -0.25) is 9.78 Å². The van der Waals surface area contributed by atoms with E-state index in [1.54, 1.807) is 6.20 Å². The van der Waals surface area contributed by atoms with Gasteiger partial charge in [0.25, 0.3) is 0 Å². The Morgan fingerprint density at radius 3 is 2.46 bits per heavy atom. The summed E-state index contributed by atoms with van der Waals surface area (Å²) in [7, 11) is 0. The fourth-order valence-electron chi connectivity index (χ4n) is 2.23. The minimum atomic E-state index is -0.0298. The van der Waals surface area contributed by atoms with Crippen LogP contribution in [-0.2, 0) is 11.3 Å². The number of carbonyl (C=O) groups excluding carboxylic acids is 1. The summed E-state index contributed by atoms with van der Waals surface area (Å²) in [6, 6.07) is 15.6. The van der Waals surface area contributed by atoms with E-state index < -0.39 is 0 Å². The van der Waals surface area contributed by atoms with E-state index in [4.69, 9.17) is 0 Å². The molecule has 0 aliphatic heterocycles. The smallest absolute Gasteiger partial charge is 0.226 e. The molecular weight excluding hydrogens is 300 g/mol. The predicted molar refractivity (Wildman–Crippen MR) is 96.8 cm³/mol. The zero-order chi connectivity index (χ0) is 16.9. The maximum absolute atomic E-state index is 11.7. The molecule has 122 valence electrons. The molecule has 0 unspecified atom stereocenters. The lowest BCUT2D eigenvalue weighted by Gasteiger charge is -2.09. The van der Waals surface area contributed by atoms with Crippen molar-refractivity contribution in [2.45, 2.75) is 20.4 Å². The third kappa shape index (κ3) is 3.87. The zero-order valence-corrected chi connectivity index (χ0v) is 13.8. The molecule has 0 fully saturated rings. The number of para-hydroxylation sites is 2. The minimum absolute atomic E-state index is 0.0207. The SMILES string of the molecule is CC(C)C(=O)Nc1ccc(CNc2cnc3ccccc3n2)cc1. The van der Waals surface area contributed by atoms with Crippen molar-refractivity contribution in [1.82, 2.24) is 9.97 Å². The molecular formula is C19H20N4O. The van der Waals surface area contributed by atoms with Gasteiger partial charge in [-0.05, 0) is 29.8 Å². The minimum Gasteiger partial charge on any atom is -0.365 e.